The van der Waals surface area contributed by atoms with E-state index in [0.29, 0.717) is 46.7 Å². The fourth-order valence-corrected chi connectivity index (χ4v) is 3.87. The Balaban J connectivity index is 1.74. The van der Waals surface area contributed by atoms with Gasteiger partial charge in [-0.3, -0.25) is 9.89 Å². The Morgan fingerprint density at radius 2 is 1.81 bits per heavy atom. The van der Waals surface area contributed by atoms with Crippen molar-refractivity contribution in [3.05, 3.63) is 58.7 Å². The number of aromatic amines is 1. The van der Waals surface area contributed by atoms with Crippen molar-refractivity contribution in [1.29, 1.82) is 0 Å². The number of nitrogens with zero attached hydrogens (tertiary/aromatic N) is 1. The van der Waals surface area contributed by atoms with Gasteiger partial charge in [0.25, 0.3) is 5.91 Å². The van der Waals surface area contributed by atoms with E-state index in [-0.39, 0.29) is 11.8 Å². The van der Waals surface area contributed by atoms with Gasteiger partial charge in [0, 0.05) is 35.3 Å². The molecule has 0 radical (unpaired) electrons. The third-order valence-electron chi connectivity index (χ3n) is 5.43. The molecular formula is C23H24ClN3O4. The quantitative estimate of drug-likeness (QED) is 0.568. The number of nitrogens with one attached hydrogen (secondary N) is 2. The van der Waals surface area contributed by atoms with E-state index in [4.69, 9.17) is 25.8 Å². The van der Waals surface area contributed by atoms with E-state index in [1.807, 2.05) is 18.2 Å². The standard InChI is InChI=1S/C23H24ClN3O4/c1-29-18-8-5-16(13-19(18)30-2)21-22(20(26-27-21)14-9-11-31-12-10-14)25-23(28)15-3-6-17(24)7-4-15/h3-8,13-14H,9-12H2,1-2H3,(H,25,28)(H,26,27). The number of rotatable bonds is 6. The number of aromatic nitrogens is 2. The highest BCUT2D eigenvalue weighted by Gasteiger charge is 2.26. The molecule has 1 aromatic heterocycles. The molecule has 2 N–H and O–H groups in total. The van der Waals surface area contributed by atoms with Gasteiger partial charge >= 0.3 is 0 Å². The van der Waals surface area contributed by atoms with Gasteiger partial charge in [0.15, 0.2) is 11.5 Å². The minimum Gasteiger partial charge on any atom is -0.493 e. The first-order valence-electron chi connectivity index (χ1n) is 10.1. The van der Waals surface area contributed by atoms with Crippen LogP contribution in [-0.2, 0) is 4.74 Å². The molecule has 7 nitrogen and oxygen atoms in total. The molecule has 0 aliphatic carbocycles. The summed E-state index contributed by atoms with van der Waals surface area (Å²) in [6.07, 6.45) is 1.72. The van der Waals surface area contributed by atoms with Crippen LogP contribution in [0.4, 0.5) is 5.69 Å². The van der Waals surface area contributed by atoms with Crippen molar-refractivity contribution in [3.63, 3.8) is 0 Å². The average Bonchev–Trinajstić information content (AvgIpc) is 3.23. The monoisotopic (exact) mass is 441 g/mol. The largest absolute Gasteiger partial charge is 0.493 e. The highest BCUT2D eigenvalue weighted by Crippen LogP contribution is 2.39. The fourth-order valence-electron chi connectivity index (χ4n) is 3.74. The highest BCUT2D eigenvalue weighted by atomic mass is 35.5. The summed E-state index contributed by atoms with van der Waals surface area (Å²) in [5, 5.41) is 11.4. The molecular weight excluding hydrogens is 418 g/mol. The van der Waals surface area contributed by atoms with E-state index in [2.05, 4.69) is 15.5 Å². The number of amides is 1. The predicted octanol–water partition coefficient (Wildman–Crippen LogP) is 4.89. The normalized spacial score (nSPS) is 14.3. The van der Waals surface area contributed by atoms with Crippen molar-refractivity contribution in [2.24, 2.45) is 0 Å². The van der Waals surface area contributed by atoms with Crippen molar-refractivity contribution in [2.75, 3.05) is 32.8 Å². The first kappa shape index (κ1) is 21.2. The SMILES string of the molecule is COc1ccc(-c2n[nH]c(C3CCOCC3)c2NC(=O)c2ccc(Cl)cc2)cc1OC. The van der Waals surface area contributed by atoms with Gasteiger partial charge in [-0.05, 0) is 55.3 Å². The molecule has 1 aliphatic heterocycles. The van der Waals surface area contributed by atoms with Gasteiger partial charge < -0.3 is 19.5 Å². The molecule has 162 valence electrons. The zero-order valence-electron chi connectivity index (χ0n) is 17.4. The highest BCUT2D eigenvalue weighted by molar-refractivity contribution is 6.30. The second-order valence-electron chi connectivity index (χ2n) is 7.28. The number of hydrogen-bond acceptors (Lipinski definition) is 5. The first-order valence-corrected chi connectivity index (χ1v) is 10.4. The van der Waals surface area contributed by atoms with Gasteiger partial charge in [0.1, 0.15) is 5.69 Å². The molecule has 1 aliphatic rings. The van der Waals surface area contributed by atoms with Crippen LogP contribution in [0.1, 0.15) is 34.8 Å². The number of hydrogen-bond donors (Lipinski definition) is 2. The Morgan fingerprint density at radius 1 is 1.10 bits per heavy atom. The van der Waals surface area contributed by atoms with E-state index in [1.165, 1.54) is 0 Å². The molecule has 0 unspecified atom stereocenters. The number of carbonyl (C=O) groups is 1. The van der Waals surface area contributed by atoms with Crippen LogP contribution in [0, 0.1) is 0 Å². The minimum absolute atomic E-state index is 0.218. The zero-order chi connectivity index (χ0) is 21.8. The Morgan fingerprint density at radius 3 is 2.48 bits per heavy atom. The number of anilines is 1. The lowest BCUT2D eigenvalue weighted by Crippen LogP contribution is -2.18. The lowest BCUT2D eigenvalue weighted by Gasteiger charge is -2.22. The summed E-state index contributed by atoms with van der Waals surface area (Å²) < 4.78 is 16.3. The van der Waals surface area contributed by atoms with Gasteiger partial charge in [-0.15, -0.1) is 0 Å². The van der Waals surface area contributed by atoms with Crippen molar-refractivity contribution in [1.82, 2.24) is 10.2 Å². The number of ether oxygens (including phenoxy) is 3. The van der Waals surface area contributed by atoms with Gasteiger partial charge in [-0.2, -0.15) is 5.10 Å². The molecule has 0 saturated carbocycles. The van der Waals surface area contributed by atoms with Crippen LogP contribution in [0.15, 0.2) is 42.5 Å². The third-order valence-corrected chi connectivity index (χ3v) is 5.68. The lowest BCUT2D eigenvalue weighted by atomic mass is 9.94. The molecule has 1 amide bonds. The van der Waals surface area contributed by atoms with Crippen LogP contribution in [0.2, 0.25) is 5.02 Å². The Kier molecular flexibility index (Phi) is 6.44. The number of H-pyrrole nitrogens is 1. The maximum Gasteiger partial charge on any atom is 0.255 e. The summed E-state index contributed by atoms with van der Waals surface area (Å²) in [5.41, 5.74) is 3.53. The molecule has 2 aromatic carbocycles. The molecule has 1 saturated heterocycles. The zero-order valence-corrected chi connectivity index (χ0v) is 18.2. The topological polar surface area (TPSA) is 85.5 Å². The maximum atomic E-state index is 13.0. The van der Waals surface area contributed by atoms with E-state index in [9.17, 15) is 4.79 Å². The summed E-state index contributed by atoms with van der Waals surface area (Å²) in [7, 11) is 3.18. The summed E-state index contributed by atoms with van der Waals surface area (Å²) in [6.45, 7) is 1.36. The second-order valence-corrected chi connectivity index (χ2v) is 7.71. The molecule has 0 atom stereocenters. The smallest absolute Gasteiger partial charge is 0.255 e. The third kappa shape index (κ3) is 4.52. The molecule has 4 rings (SSSR count). The predicted molar refractivity (Wildman–Crippen MR) is 119 cm³/mol. The van der Waals surface area contributed by atoms with Gasteiger partial charge in [-0.1, -0.05) is 11.6 Å². The minimum atomic E-state index is -0.229. The van der Waals surface area contributed by atoms with Crippen LogP contribution in [-0.4, -0.2) is 43.5 Å². The molecule has 31 heavy (non-hydrogen) atoms. The Hall–Kier alpha value is -3.03. The van der Waals surface area contributed by atoms with Gasteiger partial charge in [0.05, 0.1) is 25.6 Å². The number of halogens is 1. The second kappa shape index (κ2) is 9.41. The van der Waals surface area contributed by atoms with E-state index in [1.54, 1.807) is 38.5 Å². The Labute approximate surface area is 185 Å². The molecule has 2 heterocycles. The fraction of sp³-hybridized carbons (Fsp3) is 0.304. The molecule has 0 bridgehead atoms. The van der Waals surface area contributed by atoms with Crippen LogP contribution < -0.4 is 14.8 Å². The van der Waals surface area contributed by atoms with Crippen molar-refractivity contribution < 1.29 is 19.0 Å². The summed E-state index contributed by atoms with van der Waals surface area (Å²) >= 11 is 5.96. The maximum absolute atomic E-state index is 13.0. The van der Waals surface area contributed by atoms with Crippen molar-refractivity contribution >= 4 is 23.2 Å². The van der Waals surface area contributed by atoms with Crippen LogP contribution >= 0.6 is 11.6 Å². The van der Waals surface area contributed by atoms with Gasteiger partial charge in [-0.25, -0.2) is 0 Å². The summed E-state index contributed by atoms with van der Waals surface area (Å²) in [6, 6.07) is 12.3. The summed E-state index contributed by atoms with van der Waals surface area (Å²) in [4.78, 5) is 13.0. The lowest BCUT2D eigenvalue weighted by molar-refractivity contribution is 0.0846. The van der Waals surface area contributed by atoms with Crippen LogP contribution in [0.5, 0.6) is 11.5 Å². The molecule has 8 heteroatoms. The average molecular weight is 442 g/mol. The Bertz CT molecular complexity index is 1060. The van der Waals surface area contributed by atoms with Crippen LogP contribution in [0.25, 0.3) is 11.3 Å². The van der Waals surface area contributed by atoms with E-state index >= 15 is 0 Å². The van der Waals surface area contributed by atoms with Crippen LogP contribution in [0.3, 0.4) is 0 Å². The van der Waals surface area contributed by atoms with E-state index < -0.39 is 0 Å². The van der Waals surface area contributed by atoms with E-state index in [0.717, 1.165) is 24.1 Å². The number of methoxy groups -OCH3 is 2. The van der Waals surface area contributed by atoms with Gasteiger partial charge in [0.2, 0.25) is 0 Å². The first-order chi connectivity index (χ1) is 15.1. The molecule has 1 fully saturated rings. The molecule has 0 spiro atoms. The number of benzene rings is 2. The number of carbonyl (C=O) groups excluding carboxylic acids is 1. The van der Waals surface area contributed by atoms with Crippen molar-refractivity contribution in [3.8, 4) is 22.8 Å². The summed E-state index contributed by atoms with van der Waals surface area (Å²) in [5.74, 6) is 1.20. The van der Waals surface area contributed by atoms with Crippen molar-refractivity contribution in [2.45, 2.75) is 18.8 Å². The molecule has 3 aromatic rings.